The van der Waals surface area contributed by atoms with Gasteiger partial charge in [-0.25, -0.2) is 13.9 Å². The van der Waals surface area contributed by atoms with Gasteiger partial charge < -0.3 is 25.0 Å². The van der Waals surface area contributed by atoms with Crippen LogP contribution in [0.2, 0.25) is 0 Å². The van der Waals surface area contributed by atoms with E-state index in [-0.39, 0.29) is 25.5 Å². The van der Waals surface area contributed by atoms with Crippen LogP contribution >= 0.6 is 0 Å². The summed E-state index contributed by atoms with van der Waals surface area (Å²) in [6.45, 7) is 0.162. The topological polar surface area (TPSA) is 97.7 Å². The Labute approximate surface area is 219 Å². The molecule has 0 saturated heterocycles. The number of para-hydroxylation sites is 2. The standard InChI is InChI=1S/C28H28FN5O4/c1-37-17-16-33(28(36)30-23-10-6-7-11-25(23)38-2)19-27(35)31-26-18-24(20-8-4-3-5-9-20)32-34(26)22-14-12-21(29)13-15-22/h3-15,18H,16-17,19H2,1-2H3,(H,30,36)(H,31,35). The van der Waals surface area contributed by atoms with Crippen molar-refractivity contribution in [2.75, 3.05) is 44.5 Å². The Morgan fingerprint density at radius 3 is 2.37 bits per heavy atom. The number of benzene rings is 3. The van der Waals surface area contributed by atoms with Crippen LogP contribution in [0.5, 0.6) is 5.75 Å². The van der Waals surface area contributed by atoms with E-state index in [9.17, 15) is 14.0 Å². The van der Waals surface area contributed by atoms with E-state index in [0.29, 0.717) is 28.6 Å². The van der Waals surface area contributed by atoms with Crippen molar-refractivity contribution in [1.29, 1.82) is 0 Å². The molecule has 4 rings (SSSR count). The van der Waals surface area contributed by atoms with Gasteiger partial charge >= 0.3 is 6.03 Å². The molecule has 0 aliphatic carbocycles. The first-order valence-electron chi connectivity index (χ1n) is 11.9. The first-order valence-corrected chi connectivity index (χ1v) is 11.9. The van der Waals surface area contributed by atoms with Gasteiger partial charge in [0.15, 0.2) is 0 Å². The number of nitrogens with zero attached hydrogens (tertiary/aromatic N) is 3. The molecule has 0 radical (unpaired) electrons. The van der Waals surface area contributed by atoms with Gasteiger partial charge in [0.25, 0.3) is 0 Å². The number of ether oxygens (including phenoxy) is 2. The first-order chi connectivity index (χ1) is 18.5. The number of rotatable bonds is 10. The molecule has 0 fully saturated rings. The number of anilines is 2. The van der Waals surface area contributed by atoms with Gasteiger partial charge in [0, 0.05) is 25.3 Å². The predicted octanol–water partition coefficient (Wildman–Crippen LogP) is 4.81. The zero-order valence-corrected chi connectivity index (χ0v) is 21.1. The van der Waals surface area contributed by atoms with Crippen LogP contribution in [0.15, 0.2) is 84.9 Å². The monoisotopic (exact) mass is 517 g/mol. The largest absolute Gasteiger partial charge is 0.495 e. The van der Waals surface area contributed by atoms with E-state index < -0.39 is 11.9 Å². The van der Waals surface area contributed by atoms with Crippen molar-refractivity contribution in [2.45, 2.75) is 0 Å². The maximum absolute atomic E-state index is 13.5. The lowest BCUT2D eigenvalue weighted by molar-refractivity contribution is -0.116. The van der Waals surface area contributed by atoms with Crippen molar-refractivity contribution < 1.29 is 23.5 Å². The van der Waals surface area contributed by atoms with E-state index in [4.69, 9.17) is 9.47 Å². The first kappa shape index (κ1) is 26.4. The molecule has 0 bridgehead atoms. The van der Waals surface area contributed by atoms with Gasteiger partial charge in [0.1, 0.15) is 23.9 Å². The molecule has 0 unspecified atom stereocenters. The highest BCUT2D eigenvalue weighted by Gasteiger charge is 2.20. The lowest BCUT2D eigenvalue weighted by Gasteiger charge is -2.23. The number of hydrogen-bond acceptors (Lipinski definition) is 5. The zero-order valence-electron chi connectivity index (χ0n) is 21.1. The summed E-state index contributed by atoms with van der Waals surface area (Å²) in [4.78, 5) is 27.5. The predicted molar refractivity (Wildman–Crippen MR) is 143 cm³/mol. The SMILES string of the molecule is COCCN(CC(=O)Nc1cc(-c2ccccc2)nn1-c1ccc(F)cc1)C(=O)Nc1ccccc1OC. The van der Waals surface area contributed by atoms with E-state index in [1.165, 1.54) is 35.9 Å². The van der Waals surface area contributed by atoms with Gasteiger partial charge in [-0.1, -0.05) is 42.5 Å². The van der Waals surface area contributed by atoms with Gasteiger partial charge in [-0.2, -0.15) is 5.10 Å². The third-order valence-corrected chi connectivity index (χ3v) is 5.65. The number of methoxy groups -OCH3 is 2. The average molecular weight is 518 g/mol. The van der Waals surface area contributed by atoms with Crippen LogP contribution in [-0.2, 0) is 9.53 Å². The van der Waals surface area contributed by atoms with Crippen LogP contribution in [0.25, 0.3) is 16.9 Å². The Hall–Kier alpha value is -4.70. The number of nitrogens with one attached hydrogen (secondary N) is 2. The molecular formula is C28H28FN5O4. The van der Waals surface area contributed by atoms with Crippen molar-refractivity contribution >= 4 is 23.4 Å². The van der Waals surface area contributed by atoms with E-state index in [0.717, 1.165) is 5.56 Å². The molecule has 1 heterocycles. The minimum Gasteiger partial charge on any atom is -0.495 e. The molecule has 2 N–H and O–H groups in total. The highest BCUT2D eigenvalue weighted by atomic mass is 19.1. The normalized spacial score (nSPS) is 10.6. The molecule has 0 saturated carbocycles. The third-order valence-electron chi connectivity index (χ3n) is 5.65. The number of hydrogen-bond donors (Lipinski definition) is 2. The quantitative estimate of drug-likeness (QED) is 0.315. The van der Waals surface area contributed by atoms with Crippen LogP contribution in [0, 0.1) is 5.82 Å². The fourth-order valence-corrected chi connectivity index (χ4v) is 3.75. The Morgan fingerprint density at radius 2 is 1.66 bits per heavy atom. The third kappa shape index (κ3) is 6.54. The second-order valence-electron chi connectivity index (χ2n) is 8.26. The second kappa shape index (κ2) is 12.5. The molecule has 196 valence electrons. The molecule has 0 spiro atoms. The minimum absolute atomic E-state index is 0.178. The Morgan fingerprint density at radius 1 is 0.947 bits per heavy atom. The lowest BCUT2D eigenvalue weighted by atomic mass is 10.1. The summed E-state index contributed by atoms with van der Waals surface area (Å²) in [7, 11) is 3.03. The molecule has 3 aromatic carbocycles. The molecule has 10 heteroatoms. The van der Waals surface area contributed by atoms with E-state index in [1.54, 1.807) is 42.5 Å². The van der Waals surface area contributed by atoms with Gasteiger partial charge in [-0.05, 0) is 36.4 Å². The van der Waals surface area contributed by atoms with Gasteiger partial charge in [-0.15, -0.1) is 0 Å². The summed E-state index contributed by atoms with van der Waals surface area (Å²) in [5.74, 6) is 0.0368. The number of amides is 3. The summed E-state index contributed by atoms with van der Waals surface area (Å²) in [6, 6.07) is 23.5. The molecular weight excluding hydrogens is 489 g/mol. The Kier molecular flexibility index (Phi) is 8.68. The number of urea groups is 1. The number of halogens is 1. The van der Waals surface area contributed by atoms with Gasteiger partial charge in [-0.3, -0.25) is 4.79 Å². The Balaban J connectivity index is 1.56. The number of carbonyl (C=O) groups is 2. The van der Waals surface area contributed by atoms with Crippen molar-refractivity contribution in [3.8, 4) is 22.7 Å². The lowest BCUT2D eigenvalue weighted by Crippen LogP contribution is -2.42. The zero-order chi connectivity index (χ0) is 26.9. The van der Waals surface area contributed by atoms with E-state index in [1.807, 2.05) is 30.3 Å². The highest BCUT2D eigenvalue weighted by molar-refractivity contribution is 5.97. The number of carbonyl (C=O) groups excluding carboxylic acids is 2. The van der Waals surface area contributed by atoms with E-state index in [2.05, 4.69) is 15.7 Å². The van der Waals surface area contributed by atoms with Crippen LogP contribution in [-0.4, -0.2) is 60.5 Å². The van der Waals surface area contributed by atoms with Crippen molar-refractivity contribution in [3.05, 3.63) is 90.7 Å². The van der Waals surface area contributed by atoms with Crippen LogP contribution < -0.4 is 15.4 Å². The summed E-state index contributed by atoms with van der Waals surface area (Å²) < 4.78 is 25.5. The number of aromatic nitrogens is 2. The van der Waals surface area contributed by atoms with Crippen molar-refractivity contribution in [3.63, 3.8) is 0 Å². The molecule has 4 aromatic rings. The molecule has 0 aliphatic heterocycles. The average Bonchev–Trinajstić information content (AvgIpc) is 3.35. The maximum Gasteiger partial charge on any atom is 0.322 e. The summed E-state index contributed by atoms with van der Waals surface area (Å²) >= 11 is 0. The molecule has 9 nitrogen and oxygen atoms in total. The van der Waals surface area contributed by atoms with Gasteiger partial charge in [0.05, 0.1) is 30.8 Å². The fourth-order valence-electron chi connectivity index (χ4n) is 3.75. The molecule has 0 aliphatic rings. The minimum atomic E-state index is -0.487. The molecule has 1 aromatic heterocycles. The van der Waals surface area contributed by atoms with Gasteiger partial charge in [0.2, 0.25) is 5.91 Å². The van der Waals surface area contributed by atoms with Crippen LogP contribution in [0.3, 0.4) is 0 Å². The summed E-state index contributed by atoms with van der Waals surface area (Å²) in [5, 5.41) is 10.2. The highest BCUT2D eigenvalue weighted by Crippen LogP contribution is 2.26. The second-order valence-corrected chi connectivity index (χ2v) is 8.26. The molecule has 3 amide bonds. The van der Waals surface area contributed by atoms with E-state index >= 15 is 0 Å². The molecule has 0 atom stereocenters. The molecule has 38 heavy (non-hydrogen) atoms. The van der Waals surface area contributed by atoms with Crippen molar-refractivity contribution in [2.24, 2.45) is 0 Å². The smallest absolute Gasteiger partial charge is 0.322 e. The summed E-state index contributed by atoms with van der Waals surface area (Å²) in [5.41, 5.74) is 2.51. The summed E-state index contributed by atoms with van der Waals surface area (Å²) in [6.07, 6.45) is 0. The van der Waals surface area contributed by atoms with Crippen LogP contribution in [0.1, 0.15) is 0 Å². The van der Waals surface area contributed by atoms with Crippen LogP contribution in [0.4, 0.5) is 20.7 Å². The Bertz CT molecular complexity index is 1380. The maximum atomic E-state index is 13.5. The van der Waals surface area contributed by atoms with Crippen molar-refractivity contribution in [1.82, 2.24) is 14.7 Å². The fraction of sp³-hybridized carbons (Fsp3) is 0.179.